The fourth-order valence-corrected chi connectivity index (χ4v) is 2.52. The molecule has 1 aromatic heterocycles. The Hall–Kier alpha value is -0.970. The number of pyridine rings is 1. The number of hydrogen-bond acceptors (Lipinski definition) is 4. The van der Waals surface area contributed by atoms with Gasteiger partial charge in [-0.25, -0.2) is 0 Å². The molecule has 1 saturated heterocycles. The van der Waals surface area contributed by atoms with Crippen LogP contribution in [0.25, 0.3) is 0 Å². The predicted molar refractivity (Wildman–Crippen MR) is 67.6 cm³/mol. The maximum atomic E-state index is 9.52. The van der Waals surface area contributed by atoms with Crippen LogP contribution >= 0.6 is 0 Å². The number of piperidine rings is 1. The Labute approximate surface area is 103 Å². The molecule has 17 heavy (non-hydrogen) atoms. The van der Waals surface area contributed by atoms with Gasteiger partial charge in [0.15, 0.2) is 0 Å². The second kappa shape index (κ2) is 5.58. The van der Waals surface area contributed by atoms with E-state index >= 15 is 0 Å². The normalized spacial score (nSPS) is 26.0. The van der Waals surface area contributed by atoms with E-state index in [0.717, 1.165) is 32.5 Å². The molecule has 0 radical (unpaired) electrons. The van der Waals surface area contributed by atoms with E-state index in [9.17, 15) is 5.11 Å². The number of aromatic nitrogens is 1. The summed E-state index contributed by atoms with van der Waals surface area (Å²) in [7, 11) is 1.93. The number of nitrogens with one attached hydrogen (secondary N) is 1. The number of likely N-dealkylation sites (tertiary alicyclic amines) is 1. The van der Waals surface area contributed by atoms with Crippen LogP contribution in [0.4, 0.5) is 0 Å². The molecule has 0 aromatic carbocycles. The molecule has 0 spiro atoms. The fraction of sp³-hybridized carbons (Fsp3) is 0.615. The molecule has 1 aliphatic rings. The van der Waals surface area contributed by atoms with Gasteiger partial charge in [-0.1, -0.05) is 6.07 Å². The molecule has 0 bridgehead atoms. The summed E-state index contributed by atoms with van der Waals surface area (Å²) < 4.78 is 0. The molecule has 2 N–H and O–H groups in total. The lowest BCUT2D eigenvalue weighted by Crippen LogP contribution is -2.57. The Morgan fingerprint density at radius 3 is 3.12 bits per heavy atom. The Morgan fingerprint density at radius 2 is 2.47 bits per heavy atom. The quantitative estimate of drug-likeness (QED) is 0.803. The molecule has 4 nitrogen and oxygen atoms in total. The summed E-state index contributed by atoms with van der Waals surface area (Å²) in [5, 5.41) is 12.8. The van der Waals surface area contributed by atoms with E-state index in [2.05, 4.69) is 21.3 Å². The van der Waals surface area contributed by atoms with Crippen LogP contribution in [0.3, 0.4) is 0 Å². The summed E-state index contributed by atoms with van der Waals surface area (Å²) in [6.45, 7) is 3.11. The zero-order valence-electron chi connectivity index (χ0n) is 10.4. The van der Waals surface area contributed by atoms with E-state index in [1.807, 2.05) is 19.3 Å². The molecular formula is C13H21N3O. The van der Waals surface area contributed by atoms with Gasteiger partial charge in [-0.2, -0.15) is 0 Å². The number of aliphatic hydroxyl groups is 1. The lowest BCUT2D eigenvalue weighted by atomic mass is 9.90. The van der Waals surface area contributed by atoms with E-state index in [0.29, 0.717) is 0 Å². The van der Waals surface area contributed by atoms with Gasteiger partial charge in [0, 0.05) is 25.5 Å². The lowest BCUT2D eigenvalue weighted by molar-refractivity contribution is 0.0689. The van der Waals surface area contributed by atoms with E-state index in [4.69, 9.17) is 0 Å². The van der Waals surface area contributed by atoms with E-state index < -0.39 is 0 Å². The van der Waals surface area contributed by atoms with Crippen LogP contribution in [0.15, 0.2) is 24.5 Å². The number of likely N-dealkylation sites (N-methyl/N-ethyl adjacent to an activating group) is 1. The van der Waals surface area contributed by atoms with Crippen LogP contribution in [0.1, 0.15) is 18.4 Å². The topological polar surface area (TPSA) is 48.4 Å². The first-order chi connectivity index (χ1) is 8.28. The minimum atomic E-state index is -0.125. The highest BCUT2D eigenvalue weighted by Gasteiger charge is 2.33. The molecule has 94 valence electrons. The van der Waals surface area contributed by atoms with Crippen LogP contribution in [0.5, 0.6) is 0 Å². The summed E-state index contributed by atoms with van der Waals surface area (Å²) in [6, 6.07) is 4.07. The minimum absolute atomic E-state index is 0.125. The fourth-order valence-electron chi connectivity index (χ4n) is 2.52. The summed E-state index contributed by atoms with van der Waals surface area (Å²) in [5.41, 5.74) is 1.11. The first kappa shape index (κ1) is 12.5. The maximum absolute atomic E-state index is 9.52. The number of hydrogen-bond donors (Lipinski definition) is 2. The van der Waals surface area contributed by atoms with Crippen LogP contribution < -0.4 is 5.32 Å². The van der Waals surface area contributed by atoms with Gasteiger partial charge in [0.25, 0.3) is 0 Å². The van der Waals surface area contributed by atoms with Gasteiger partial charge in [-0.05, 0) is 38.1 Å². The molecule has 1 fully saturated rings. The first-order valence-electron chi connectivity index (χ1n) is 6.19. The number of aliphatic hydroxyl groups excluding tert-OH is 1. The van der Waals surface area contributed by atoms with Gasteiger partial charge in [-0.3, -0.25) is 9.88 Å². The lowest BCUT2D eigenvalue weighted by Gasteiger charge is -2.41. The van der Waals surface area contributed by atoms with Gasteiger partial charge >= 0.3 is 0 Å². The standard InChI is InChI=1S/C13H21N3O/c1-14-13(11-17)5-3-7-16(10-13)9-12-4-2-6-15-8-12/h2,4,6,8,14,17H,3,5,7,9-11H2,1H3. The monoisotopic (exact) mass is 235 g/mol. The van der Waals surface area contributed by atoms with Crippen molar-refractivity contribution < 1.29 is 5.11 Å². The van der Waals surface area contributed by atoms with Crippen molar-refractivity contribution in [3.05, 3.63) is 30.1 Å². The van der Waals surface area contributed by atoms with Crippen LogP contribution in [0.2, 0.25) is 0 Å². The summed E-state index contributed by atoms with van der Waals surface area (Å²) >= 11 is 0. The van der Waals surface area contributed by atoms with E-state index in [1.165, 1.54) is 5.56 Å². The third-order valence-electron chi connectivity index (χ3n) is 3.62. The number of rotatable bonds is 4. The smallest absolute Gasteiger partial charge is 0.0625 e. The van der Waals surface area contributed by atoms with Gasteiger partial charge in [-0.15, -0.1) is 0 Å². The van der Waals surface area contributed by atoms with Crippen molar-refractivity contribution in [1.29, 1.82) is 0 Å². The van der Waals surface area contributed by atoms with Crippen molar-refractivity contribution in [2.45, 2.75) is 24.9 Å². The number of nitrogens with zero attached hydrogens (tertiary/aromatic N) is 2. The highest BCUT2D eigenvalue weighted by molar-refractivity contribution is 5.09. The summed E-state index contributed by atoms with van der Waals surface area (Å²) in [5.74, 6) is 0. The van der Waals surface area contributed by atoms with Gasteiger partial charge in [0.2, 0.25) is 0 Å². The Morgan fingerprint density at radius 1 is 1.59 bits per heavy atom. The van der Waals surface area contributed by atoms with E-state index in [-0.39, 0.29) is 12.1 Å². The van der Waals surface area contributed by atoms with Crippen molar-refractivity contribution >= 4 is 0 Å². The molecule has 1 unspecified atom stereocenters. The minimum Gasteiger partial charge on any atom is -0.394 e. The first-order valence-corrected chi connectivity index (χ1v) is 6.19. The molecular weight excluding hydrogens is 214 g/mol. The maximum Gasteiger partial charge on any atom is 0.0625 e. The van der Waals surface area contributed by atoms with Crippen LogP contribution in [0, 0.1) is 0 Å². The molecule has 0 amide bonds. The van der Waals surface area contributed by atoms with Crippen molar-refractivity contribution in [3.8, 4) is 0 Å². The predicted octanol–water partition coefficient (Wildman–Crippen LogP) is 0.628. The Kier molecular flexibility index (Phi) is 4.10. The molecule has 1 aliphatic heterocycles. The summed E-state index contributed by atoms with van der Waals surface area (Å²) in [6.07, 6.45) is 5.88. The second-order valence-corrected chi connectivity index (χ2v) is 4.86. The third-order valence-corrected chi connectivity index (χ3v) is 3.62. The molecule has 4 heteroatoms. The average molecular weight is 235 g/mol. The van der Waals surface area contributed by atoms with Crippen molar-refractivity contribution in [3.63, 3.8) is 0 Å². The molecule has 0 aliphatic carbocycles. The van der Waals surface area contributed by atoms with Gasteiger partial charge in [0.1, 0.15) is 0 Å². The highest BCUT2D eigenvalue weighted by atomic mass is 16.3. The zero-order valence-corrected chi connectivity index (χ0v) is 10.4. The van der Waals surface area contributed by atoms with Crippen molar-refractivity contribution in [1.82, 2.24) is 15.2 Å². The molecule has 1 aromatic rings. The molecule has 2 rings (SSSR count). The third kappa shape index (κ3) is 3.03. The van der Waals surface area contributed by atoms with Gasteiger partial charge in [0.05, 0.1) is 12.1 Å². The van der Waals surface area contributed by atoms with Crippen LogP contribution in [-0.4, -0.2) is 47.3 Å². The Balaban J connectivity index is 1.98. The summed E-state index contributed by atoms with van der Waals surface area (Å²) in [4.78, 5) is 6.52. The zero-order chi connectivity index (χ0) is 12.1. The molecule has 1 atom stereocenters. The average Bonchev–Trinajstić information content (AvgIpc) is 2.40. The second-order valence-electron chi connectivity index (χ2n) is 4.86. The van der Waals surface area contributed by atoms with Crippen molar-refractivity contribution in [2.24, 2.45) is 0 Å². The Bertz CT molecular complexity index is 338. The largest absolute Gasteiger partial charge is 0.394 e. The van der Waals surface area contributed by atoms with Crippen LogP contribution in [-0.2, 0) is 6.54 Å². The SMILES string of the molecule is CNC1(CO)CCCN(Cc2cccnc2)C1. The molecule has 0 saturated carbocycles. The van der Waals surface area contributed by atoms with E-state index in [1.54, 1.807) is 6.20 Å². The van der Waals surface area contributed by atoms with Gasteiger partial charge < -0.3 is 10.4 Å². The highest BCUT2D eigenvalue weighted by Crippen LogP contribution is 2.21. The van der Waals surface area contributed by atoms with Crippen molar-refractivity contribution in [2.75, 3.05) is 26.7 Å². The molecule has 2 heterocycles.